The Balaban J connectivity index is 1.41. The van der Waals surface area contributed by atoms with E-state index in [0.717, 1.165) is 35.1 Å². The third kappa shape index (κ3) is 7.38. The summed E-state index contributed by atoms with van der Waals surface area (Å²) < 4.78 is 5.47. The molecule has 0 bridgehead atoms. The molecule has 1 aliphatic carbocycles. The Hall–Kier alpha value is -3.23. The Morgan fingerprint density at radius 2 is 1.50 bits per heavy atom. The van der Waals surface area contributed by atoms with Crippen LogP contribution >= 0.6 is 0 Å². The van der Waals surface area contributed by atoms with E-state index in [9.17, 15) is 19.5 Å². The minimum Gasteiger partial charge on any atom is -0.480 e. The molecule has 6 N–H and O–H groups in total. The van der Waals surface area contributed by atoms with Crippen LogP contribution in [0.15, 0.2) is 48.5 Å². The Morgan fingerprint density at radius 1 is 0.889 bits per heavy atom. The summed E-state index contributed by atoms with van der Waals surface area (Å²) in [7, 11) is 0. The minimum absolute atomic E-state index is 0.0265. The molecule has 36 heavy (non-hydrogen) atoms. The number of ketones is 1. The fourth-order valence-electron chi connectivity index (χ4n) is 4.72. The van der Waals surface area contributed by atoms with E-state index in [2.05, 4.69) is 17.4 Å². The van der Waals surface area contributed by atoms with Gasteiger partial charge in [-0.05, 0) is 54.5 Å². The van der Waals surface area contributed by atoms with Gasteiger partial charge in [-0.15, -0.1) is 0 Å². The van der Waals surface area contributed by atoms with E-state index in [-0.39, 0.29) is 24.7 Å². The third-order valence-corrected chi connectivity index (χ3v) is 6.73. The van der Waals surface area contributed by atoms with Crippen LogP contribution in [0.25, 0.3) is 11.1 Å². The van der Waals surface area contributed by atoms with Crippen molar-refractivity contribution in [3.05, 3.63) is 59.7 Å². The molecule has 0 aromatic heterocycles. The number of hydrogen-bond donors (Lipinski definition) is 4. The van der Waals surface area contributed by atoms with E-state index >= 15 is 0 Å². The first-order chi connectivity index (χ1) is 17.4. The molecule has 0 radical (unpaired) electrons. The number of amides is 1. The quantitative estimate of drug-likeness (QED) is 0.274. The monoisotopic (exact) mass is 495 g/mol. The lowest BCUT2D eigenvalue weighted by molar-refractivity contribution is -0.139. The van der Waals surface area contributed by atoms with Gasteiger partial charge in [0.1, 0.15) is 18.4 Å². The van der Waals surface area contributed by atoms with Crippen LogP contribution in [0.1, 0.15) is 68.4 Å². The van der Waals surface area contributed by atoms with E-state index in [1.807, 2.05) is 36.4 Å². The van der Waals surface area contributed by atoms with Crippen LogP contribution in [0, 0.1) is 0 Å². The van der Waals surface area contributed by atoms with Crippen LogP contribution < -0.4 is 16.8 Å². The number of nitrogens with one attached hydrogen (secondary N) is 1. The number of nitrogens with two attached hydrogens (primary N) is 2. The topological polar surface area (TPSA) is 145 Å². The second kappa shape index (κ2) is 13.8. The Bertz CT molecular complexity index is 996. The normalized spacial score (nSPS) is 13.9. The van der Waals surface area contributed by atoms with E-state index < -0.39 is 24.1 Å². The first-order valence-corrected chi connectivity index (χ1v) is 12.7. The maximum atomic E-state index is 12.4. The van der Waals surface area contributed by atoms with Crippen LogP contribution in [-0.4, -0.2) is 48.2 Å². The molecule has 1 amide bonds. The van der Waals surface area contributed by atoms with Gasteiger partial charge in [-0.2, -0.15) is 0 Å². The predicted molar refractivity (Wildman–Crippen MR) is 139 cm³/mol. The minimum atomic E-state index is -1.11. The lowest BCUT2D eigenvalue weighted by Gasteiger charge is -2.17. The number of rotatable bonds is 15. The number of Topliss-reactive ketones (excluding diaryl/α,β-unsaturated/α-hetero) is 1. The molecular weight excluding hydrogens is 458 g/mol. The van der Waals surface area contributed by atoms with Gasteiger partial charge in [0.05, 0.1) is 6.04 Å². The highest BCUT2D eigenvalue weighted by atomic mass is 16.5. The number of fused-ring (bicyclic) bond motifs is 3. The summed E-state index contributed by atoms with van der Waals surface area (Å²) in [6.07, 6.45) is 4.11. The molecule has 3 rings (SSSR count). The molecule has 194 valence electrons. The second-order valence-electron chi connectivity index (χ2n) is 9.32. The van der Waals surface area contributed by atoms with Gasteiger partial charge < -0.3 is 26.6 Å². The number of alkyl carbamates (subject to hydrolysis) is 1. The van der Waals surface area contributed by atoms with Crippen molar-refractivity contribution >= 4 is 17.8 Å². The summed E-state index contributed by atoms with van der Waals surface area (Å²) in [4.78, 5) is 36.2. The highest BCUT2D eigenvalue weighted by molar-refractivity contribution is 5.83. The zero-order chi connectivity index (χ0) is 25.9. The van der Waals surface area contributed by atoms with Crippen LogP contribution in [0.2, 0.25) is 0 Å². The zero-order valence-electron chi connectivity index (χ0n) is 20.7. The van der Waals surface area contributed by atoms with Gasteiger partial charge in [0.25, 0.3) is 0 Å². The van der Waals surface area contributed by atoms with Crippen LogP contribution in [0.3, 0.4) is 0 Å². The molecule has 2 aromatic rings. The number of ether oxygens (including phenoxy) is 1. The van der Waals surface area contributed by atoms with Crippen molar-refractivity contribution in [2.75, 3.05) is 13.2 Å². The summed E-state index contributed by atoms with van der Waals surface area (Å²) >= 11 is 0. The molecule has 0 fully saturated rings. The summed E-state index contributed by atoms with van der Waals surface area (Å²) in [6.45, 7) is 0.718. The van der Waals surface area contributed by atoms with Crippen molar-refractivity contribution < 1.29 is 24.2 Å². The summed E-state index contributed by atoms with van der Waals surface area (Å²) in [5, 5.41) is 12.0. The predicted octanol–water partition coefficient (Wildman–Crippen LogP) is 3.95. The largest absolute Gasteiger partial charge is 0.480 e. The number of carbonyl (C=O) groups is 3. The molecule has 2 atom stereocenters. The molecular formula is C28H37N3O5. The molecule has 0 saturated carbocycles. The second-order valence-corrected chi connectivity index (χ2v) is 9.32. The van der Waals surface area contributed by atoms with Crippen LogP contribution in [-0.2, 0) is 14.3 Å². The third-order valence-electron chi connectivity index (χ3n) is 6.73. The molecule has 0 saturated heterocycles. The number of carboxylic acid groups (broad SMARTS) is 1. The fourth-order valence-corrected chi connectivity index (χ4v) is 4.72. The van der Waals surface area contributed by atoms with Gasteiger partial charge in [0.15, 0.2) is 0 Å². The van der Waals surface area contributed by atoms with E-state index in [4.69, 9.17) is 16.2 Å². The SMILES string of the molecule is NCCCCC(N)C(=O)CCCCCC(NC(=O)OCC1c2ccccc2-c2ccccc21)C(=O)O. The standard InChI is InChI=1S/C28H37N3O5/c29-17-9-8-14-24(30)26(32)16-3-1-2-15-25(27(33)34)31-28(35)36-18-23-21-12-6-4-10-19(21)20-11-5-7-13-22(20)23/h4-7,10-13,23-25H,1-3,8-9,14-18,29-30H2,(H,31,35)(H,33,34). The maximum absolute atomic E-state index is 12.4. The summed E-state index contributed by atoms with van der Waals surface area (Å²) in [6, 6.07) is 14.5. The lowest BCUT2D eigenvalue weighted by Crippen LogP contribution is -2.41. The number of hydrogen-bond acceptors (Lipinski definition) is 6. The summed E-state index contributed by atoms with van der Waals surface area (Å²) in [5.74, 6) is -1.18. The molecule has 2 unspecified atom stereocenters. The van der Waals surface area contributed by atoms with Crippen LogP contribution in [0.4, 0.5) is 4.79 Å². The molecule has 1 aliphatic rings. The van der Waals surface area contributed by atoms with Gasteiger partial charge in [0.2, 0.25) is 0 Å². The highest BCUT2D eigenvalue weighted by Crippen LogP contribution is 2.44. The average molecular weight is 496 g/mol. The fraction of sp³-hybridized carbons (Fsp3) is 0.464. The lowest BCUT2D eigenvalue weighted by atomic mass is 9.98. The Labute approximate surface area is 212 Å². The number of unbranched alkanes of at least 4 members (excludes halogenated alkanes) is 3. The number of carboxylic acids is 1. The van der Waals surface area contributed by atoms with E-state index in [1.165, 1.54) is 0 Å². The van der Waals surface area contributed by atoms with Crippen molar-refractivity contribution in [3.8, 4) is 11.1 Å². The average Bonchev–Trinajstić information content (AvgIpc) is 3.20. The van der Waals surface area contributed by atoms with Crippen molar-refractivity contribution in [2.24, 2.45) is 11.5 Å². The molecule has 0 spiro atoms. The molecule has 8 nitrogen and oxygen atoms in total. The van der Waals surface area contributed by atoms with Crippen molar-refractivity contribution in [3.63, 3.8) is 0 Å². The number of aliphatic carboxylic acids is 1. The molecule has 0 aliphatic heterocycles. The molecule has 8 heteroatoms. The van der Waals surface area contributed by atoms with Gasteiger partial charge in [-0.25, -0.2) is 9.59 Å². The van der Waals surface area contributed by atoms with Gasteiger partial charge >= 0.3 is 12.1 Å². The smallest absolute Gasteiger partial charge is 0.407 e. The first-order valence-electron chi connectivity index (χ1n) is 12.7. The highest BCUT2D eigenvalue weighted by Gasteiger charge is 2.29. The van der Waals surface area contributed by atoms with E-state index in [1.54, 1.807) is 0 Å². The van der Waals surface area contributed by atoms with Gasteiger partial charge in [-0.1, -0.05) is 67.8 Å². The molecule has 0 heterocycles. The Kier molecular flexibility index (Phi) is 10.5. The zero-order valence-corrected chi connectivity index (χ0v) is 20.7. The van der Waals surface area contributed by atoms with Gasteiger partial charge in [0, 0.05) is 12.3 Å². The number of carbonyl (C=O) groups excluding carboxylic acids is 2. The number of benzene rings is 2. The summed E-state index contributed by atoms with van der Waals surface area (Å²) in [5.41, 5.74) is 15.8. The van der Waals surface area contributed by atoms with Crippen LogP contribution in [0.5, 0.6) is 0 Å². The van der Waals surface area contributed by atoms with Crippen molar-refractivity contribution in [1.82, 2.24) is 5.32 Å². The maximum Gasteiger partial charge on any atom is 0.407 e. The Morgan fingerprint density at radius 3 is 2.11 bits per heavy atom. The first kappa shape index (κ1) is 27.4. The van der Waals surface area contributed by atoms with E-state index in [0.29, 0.717) is 38.6 Å². The molecule has 2 aromatic carbocycles. The van der Waals surface area contributed by atoms with Crippen molar-refractivity contribution in [1.29, 1.82) is 0 Å². The van der Waals surface area contributed by atoms with Gasteiger partial charge in [-0.3, -0.25) is 4.79 Å². The van der Waals surface area contributed by atoms with Crippen molar-refractivity contribution in [2.45, 2.75) is 69.4 Å².